The van der Waals surface area contributed by atoms with Gasteiger partial charge in [0.15, 0.2) is 0 Å². The van der Waals surface area contributed by atoms with E-state index in [9.17, 15) is 0 Å². The molecule has 2 atom stereocenters. The van der Waals surface area contributed by atoms with Crippen LogP contribution in [0.5, 0.6) is 11.8 Å². The van der Waals surface area contributed by atoms with Gasteiger partial charge in [0.05, 0.1) is 25.7 Å². The van der Waals surface area contributed by atoms with E-state index in [2.05, 4.69) is 9.97 Å². The van der Waals surface area contributed by atoms with Crippen LogP contribution in [0.25, 0.3) is 0 Å². The van der Waals surface area contributed by atoms with Crippen molar-refractivity contribution in [2.45, 2.75) is 37.1 Å². The molecular formula is C13H20ClN3O2. The van der Waals surface area contributed by atoms with Gasteiger partial charge in [0.25, 0.3) is 0 Å². The Morgan fingerprint density at radius 3 is 2.26 bits per heavy atom. The first-order valence-corrected chi connectivity index (χ1v) is 6.93. The third-order valence-corrected chi connectivity index (χ3v) is 4.05. The van der Waals surface area contributed by atoms with Gasteiger partial charge < -0.3 is 14.4 Å². The van der Waals surface area contributed by atoms with Crippen LogP contribution in [0.3, 0.4) is 0 Å². The number of halogens is 1. The molecule has 0 aromatic carbocycles. The van der Waals surface area contributed by atoms with Gasteiger partial charge in [-0.1, -0.05) is 12.8 Å². The first-order valence-electron chi connectivity index (χ1n) is 6.49. The monoisotopic (exact) mass is 285 g/mol. The molecule has 1 aromatic rings. The molecule has 2 rings (SSSR count). The minimum absolute atomic E-state index is 0.138. The Hall–Kier alpha value is -1.23. The molecule has 106 valence electrons. The Morgan fingerprint density at radius 2 is 1.74 bits per heavy atom. The Kier molecular flexibility index (Phi) is 4.69. The normalized spacial score (nSPS) is 22.9. The van der Waals surface area contributed by atoms with Crippen LogP contribution in [0.2, 0.25) is 0 Å². The van der Waals surface area contributed by atoms with E-state index in [1.54, 1.807) is 20.3 Å². The summed E-state index contributed by atoms with van der Waals surface area (Å²) in [7, 11) is 5.13. The number of nitrogens with zero attached hydrogens (tertiary/aromatic N) is 3. The summed E-state index contributed by atoms with van der Waals surface area (Å²) in [6.07, 6.45) is 4.49. The third kappa shape index (κ3) is 3.21. The van der Waals surface area contributed by atoms with Crippen LogP contribution in [0.4, 0.5) is 5.95 Å². The summed E-state index contributed by atoms with van der Waals surface area (Å²) in [5.41, 5.74) is 0. The highest BCUT2D eigenvalue weighted by atomic mass is 35.5. The first kappa shape index (κ1) is 14.2. The average molecular weight is 286 g/mol. The van der Waals surface area contributed by atoms with Gasteiger partial charge in [-0.25, -0.2) is 0 Å². The second kappa shape index (κ2) is 6.28. The summed E-state index contributed by atoms with van der Waals surface area (Å²) in [6.45, 7) is 0. The number of aromatic nitrogens is 2. The van der Waals surface area contributed by atoms with E-state index in [0.29, 0.717) is 17.7 Å². The molecular weight excluding hydrogens is 266 g/mol. The fourth-order valence-corrected chi connectivity index (χ4v) is 2.86. The van der Waals surface area contributed by atoms with Crippen LogP contribution in [0.1, 0.15) is 25.7 Å². The van der Waals surface area contributed by atoms with Gasteiger partial charge in [0.2, 0.25) is 17.7 Å². The van der Waals surface area contributed by atoms with Gasteiger partial charge in [0.1, 0.15) is 0 Å². The fourth-order valence-electron chi connectivity index (χ4n) is 2.41. The molecule has 1 fully saturated rings. The van der Waals surface area contributed by atoms with Crippen molar-refractivity contribution < 1.29 is 9.47 Å². The molecule has 1 aromatic heterocycles. The summed E-state index contributed by atoms with van der Waals surface area (Å²) in [4.78, 5) is 10.8. The number of alkyl halides is 1. The van der Waals surface area contributed by atoms with Crippen molar-refractivity contribution in [3.05, 3.63) is 6.07 Å². The lowest BCUT2D eigenvalue weighted by Crippen LogP contribution is -2.41. The molecule has 0 amide bonds. The predicted molar refractivity (Wildman–Crippen MR) is 75.4 cm³/mol. The van der Waals surface area contributed by atoms with Crippen LogP contribution >= 0.6 is 11.6 Å². The quantitative estimate of drug-likeness (QED) is 0.796. The molecule has 19 heavy (non-hydrogen) atoms. The summed E-state index contributed by atoms with van der Waals surface area (Å²) in [5, 5.41) is 0.138. The molecule has 1 aliphatic carbocycles. The zero-order chi connectivity index (χ0) is 13.8. The number of hydrogen-bond donors (Lipinski definition) is 0. The Morgan fingerprint density at radius 1 is 1.16 bits per heavy atom. The van der Waals surface area contributed by atoms with E-state index in [-0.39, 0.29) is 11.4 Å². The SMILES string of the molecule is COc1cc(OC)nc(N(C)C2CCCCC2Cl)n1. The van der Waals surface area contributed by atoms with Crippen molar-refractivity contribution in [1.82, 2.24) is 9.97 Å². The first-order chi connectivity index (χ1) is 9.15. The molecule has 0 spiro atoms. The maximum absolute atomic E-state index is 6.42. The number of methoxy groups -OCH3 is 2. The lowest BCUT2D eigenvalue weighted by Gasteiger charge is -2.34. The smallest absolute Gasteiger partial charge is 0.232 e. The molecule has 2 unspecified atom stereocenters. The lowest BCUT2D eigenvalue weighted by molar-refractivity contribution is 0.368. The molecule has 0 N–H and O–H groups in total. The highest BCUT2D eigenvalue weighted by molar-refractivity contribution is 6.21. The van der Waals surface area contributed by atoms with Crippen molar-refractivity contribution in [3.8, 4) is 11.8 Å². The van der Waals surface area contributed by atoms with Crippen molar-refractivity contribution in [1.29, 1.82) is 0 Å². The van der Waals surface area contributed by atoms with Crippen molar-refractivity contribution >= 4 is 17.5 Å². The standard InChI is InChI=1S/C13H20ClN3O2/c1-17(10-7-5-4-6-9(10)14)13-15-11(18-2)8-12(16-13)19-3/h8-10H,4-7H2,1-3H3. The van der Waals surface area contributed by atoms with E-state index < -0.39 is 0 Å². The molecule has 0 aliphatic heterocycles. The highest BCUT2D eigenvalue weighted by Gasteiger charge is 2.28. The molecule has 6 heteroatoms. The van der Waals surface area contributed by atoms with Crippen molar-refractivity contribution in [2.75, 3.05) is 26.2 Å². The zero-order valence-corrected chi connectivity index (χ0v) is 12.4. The Balaban J connectivity index is 2.24. The van der Waals surface area contributed by atoms with Gasteiger partial charge in [-0.2, -0.15) is 9.97 Å². The minimum atomic E-state index is 0.138. The molecule has 0 bridgehead atoms. The number of hydrogen-bond acceptors (Lipinski definition) is 5. The van der Waals surface area contributed by atoms with Crippen LogP contribution in [-0.2, 0) is 0 Å². The molecule has 1 heterocycles. The van der Waals surface area contributed by atoms with Crippen LogP contribution < -0.4 is 14.4 Å². The largest absolute Gasteiger partial charge is 0.481 e. The van der Waals surface area contributed by atoms with Gasteiger partial charge in [-0.15, -0.1) is 11.6 Å². The van der Waals surface area contributed by atoms with Gasteiger partial charge in [-0.05, 0) is 12.8 Å². The second-order valence-corrected chi connectivity index (χ2v) is 5.29. The molecule has 5 nitrogen and oxygen atoms in total. The Labute approximate surface area is 118 Å². The van der Waals surface area contributed by atoms with E-state index in [1.807, 2.05) is 11.9 Å². The second-order valence-electron chi connectivity index (χ2n) is 4.73. The summed E-state index contributed by atoms with van der Waals surface area (Å²) in [6, 6.07) is 1.92. The van der Waals surface area contributed by atoms with Crippen LogP contribution in [0, 0.1) is 0 Å². The van der Waals surface area contributed by atoms with Crippen LogP contribution in [-0.4, -0.2) is 42.7 Å². The molecule has 1 aliphatic rings. The summed E-state index contributed by atoms with van der Waals surface area (Å²) in [5.74, 6) is 1.58. The average Bonchev–Trinajstić information content (AvgIpc) is 2.46. The van der Waals surface area contributed by atoms with Crippen molar-refractivity contribution in [3.63, 3.8) is 0 Å². The van der Waals surface area contributed by atoms with Gasteiger partial charge in [-0.3, -0.25) is 0 Å². The summed E-state index contributed by atoms with van der Waals surface area (Å²) < 4.78 is 10.3. The predicted octanol–water partition coefficient (Wildman–Crippen LogP) is 2.48. The highest BCUT2D eigenvalue weighted by Crippen LogP contribution is 2.29. The van der Waals surface area contributed by atoms with E-state index in [4.69, 9.17) is 21.1 Å². The number of ether oxygens (including phenoxy) is 2. The molecule has 1 saturated carbocycles. The number of anilines is 1. The minimum Gasteiger partial charge on any atom is -0.481 e. The van der Waals surface area contributed by atoms with Crippen molar-refractivity contribution in [2.24, 2.45) is 0 Å². The molecule has 0 saturated heterocycles. The third-order valence-electron chi connectivity index (χ3n) is 3.55. The van der Waals surface area contributed by atoms with Gasteiger partial charge >= 0.3 is 0 Å². The number of rotatable bonds is 4. The maximum atomic E-state index is 6.42. The zero-order valence-electron chi connectivity index (χ0n) is 11.6. The summed E-state index contributed by atoms with van der Waals surface area (Å²) >= 11 is 6.42. The topological polar surface area (TPSA) is 47.5 Å². The fraction of sp³-hybridized carbons (Fsp3) is 0.692. The lowest BCUT2D eigenvalue weighted by atomic mass is 9.94. The maximum Gasteiger partial charge on any atom is 0.232 e. The van der Waals surface area contributed by atoms with Gasteiger partial charge in [0, 0.05) is 13.1 Å². The molecule has 0 radical (unpaired) electrons. The van der Waals surface area contributed by atoms with E-state index in [0.717, 1.165) is 12.8 Å². The van der Waals surface area contributed by atoms with E-state index in [1.165, 1.54) is 12.8 Å². The van der Waals surface area contributed by atoms with Crippen LogP contribution in [0.15, 0.2) is 6.07 Å². The Bertz CT molecular complexity index is 408. The van der Waals surface area contributed by atoms with E-state index >= 15 is 0 Å².